The summed E-state index contributed by atoms with van der Waals surface area (Å²) in [4.78, 5) is 10.3. The van der Waals surface area contributed by atoms with Gasteiger partial charge < -0.3 is 5.32 Å². The van der Waals surface area contributed by atoms with Crippen LogP contribution < -0.4 is 5.32 Å². The number of nitrogens with one attached hydrogen (secondary N) is 1. The molecule has 0 saturated heterocycles. The van der Waals surface area contributed by atoms with Gasteiger partial charge in [0.05, 0.1) is 9.40 Å². The van der Waals surface area contributed by atoms with Gasteiger partial charge in [-0.2, -0.15) is 0 Å². The Hall–Kier alpha value is -1.10. The van der Waals surface area contributed by atoms with Gasteiger partial charge in [-0.15, -0.1) is 0 Å². The van der Waals surface area contributed by atoms with Crippen LogP contribution in [0.3, 0.4) is 0 Å². The highest BCUT2D eigenvalue weighted by Gasteiger charge is 2.11. The zero-order valence-corrected chi connectivity index (χ0v) is 11.7. The van der Waals surface area contributed by atoms with Crippen LogP contribution in [0.15, 0.2) is 22.7 Å². The van der Waals surface area contributed by atoms with Gasteiger partial charge in [-0.3, -0.25) is 10.1 Å². The molecule has 94 valence electrons. The fourth-order valence-corrected chi connectivity index (χ4v) is 2.13. The van der Waals surface area contributed by atoms with Crippen LogP contribution in [-0.2, 0) is 0 Å². The molecule has 0 aliphatic carbocycles. The first kappa shape index (κ1) is 14.0. The van der Waals surface area contributed by atoms with Gasteiger partial charge in [-0.1, -0.05) is 26.7 Å². The predicted molar refractivity (Wildman–Crippen MR) is 73.4 cm³/mol. The highest BCUT2D eigenvalue weighted by atomic mass is 79.9. The summed E-state index contributed by atoms with van der Waals surface area (Å²) in [6.45, 7) is 5.24. The molecule has 0 aliphatic rings. The summed E-state index contributed by atoms with van der Waals surface area (Å²) in [6.07, 6.45) is 2.27. The van der Waals surface area contributed by atoms with E-state index in [1.54, 1.807) is 12.1 Å². The molecule has 0 heterocycles. The third-order valence-electron chi connectivity index (χ3n) is 2.89. The number of nitro groups is 1. The first-order valence-corrected chi connectivity index (χ1v) is 6.55. The summed E-state index contributed by atoms with van der Waals surface area (Å²) in [5.41, 5.74) is 1.01. The Labute approximate surface area is 110 Å². The maximum Gasteiger partial charge on any atom is 0.283 e. The molecule has 0 bridgehead atoms. The minimum Gasteiger partial charge on any atom is -0.385 e. The van der Waals surface area contributed by atoms with Crippen LogP contribution in [0.5, 0.6) is 0 Å². The number of benzene rings is 1. The van der Waals surface area contributed by atoms with Crippen molar-refractivity contribution in [3.05, 3.63) is 32.8 Å². The molecule has 0 aliphatic heterocycles. The normalized spacial score (nSPS) is 10.6. The number of nitro benzene ring substituents is 1. The van der Waals surface area contributed by atoms with E-state index in [0.29, 0.717) is 10.4 Å². The Morgan fingerprint density at radius 3 is 2.53 bits per heavy atom. The van der Waals surface area contributed by atoms with Crippen molar-refractivity contribution >= 4 is 27.3 Å². The van der Waals surface area contributed by atoms with Gasteiger partial charge >= 0.3 is 0 Å². The predicted octanol–water partition coefficient (Wildman–Crippen LogP) is 4.21. The molecule has 0 unspecified atom stereocenters. The molecule has 17 heavy (non-hydrogen) atoms. The summed E-state index contributed by atoms with van der Waals surface area (Å²) in [5, 5.41) is 13.9. The molecule has 5 heteroatoms. The highest BCUT2D eigenvalue weighted by Crippen LogP contribution is 2.27. The minimum atomic E-state index is -0.394. The molecule has 0 saturated carbocycles. The second-order valence-corrected chi connectivity index (χ2v) is 4.84. The van der Waals surface area contributed by atoms with Crippen LogP contribution in [0.4, 0.5) is 11.4 Å². The average molecular weight is 301 g/mol. The Morgan fingerprint density at radius 2 is 2.06 bits per heavy atom. The van der Waals surface area contributed by atoms with Crippen molar-refractivity contribution in [1.82, 2.24) is 0 Å². The molecule has 0 fully saturated rings. The average Bonchev–Trinajstić information content (AvgIpc) is 2.30. The van der Waals surface area contributed by atoms with Crippen molar-refractivity contribution in [2.45, 2.75) is 26.7 Å². The second-order valence-electron chi connectivity index (χ2n) is 3.99. The maximum atomic E-state index is 10.6. The van der Waals surface area contributed by atoms with Gasteiger partial charge in [0, 0.05) is 18.3 Å². The van der Waals surface area contributed by atoms with Crippen LogP contribution in [0, 0.1) is 16.0 Å². The van der Waals surface area contributed by atoms with E-state index >= 15 is 0 Å². The Bertz CT molecular complexity index is 392. The number of anilines is 1. The standard InChI is InChI=1S/C12H17BrN2O2/c1-3-9(4-2)8-14-10-5-6-12(15(16)17)11(13)7-10/h5-7,9,14H,3-4,8H2,1-2H3. The molecule has 0 atom stereocenters. The van der Waals surface area contributed by atoms with Crippen LogP contribution >= 0.6 is 15.9 Å². The van der Waals surface area contributed by atoms with E-state index < -0.39 is 4.92 Å². The summed E-state index contributed by atoms with van der Waals surface area (Å²) in [5.74, 6) is 0.643. The summed E-state index contributed by atoms with van der Waals surface area (Å²) in [7, 11) is 0. The number of hydrogen-bond acceptors (Lipinski definition) is 3. The second kappa shape index (κ2) is 6.59. The lowest BCUT2D eigenvalue weighted by atomic mass is 10.0. The van der Waals surface area contributed by atoms with E-state index in [4.69, 9.17) is 0 Å². The lowest BCUT2D eigenvalue weighted by molar-refractivity contribution is -0.385. The van der Waals surface area contributed by atoms with E-state index in [9.17, 15) is 10.1 Å². The number of nitrogens with zero attached hydrogens (tertiary/aromatic N) is 1. The topological polar surface area (TPSA) is 55.2 Å². The molecule has 1 aromatic rings. The van der Waals surface area contributed by atoms with Gasteiger partial charge in [0.15, 0.2) is 0 Å². The Balaban J connectivity index is 2.67. The van der Waals surface area contributed by atoms with Crippen molar-refractivity contribution in [1.29, 1.82) is 0 Å². The van der Waals surface area contributed by atoms with E-state index in [0.717, 1.165) is 25.1 Å². The van der Waals surface area contributed by atoms with Gasteiger partial charge in [-0.25, -0.2) is 0 Å². The van der Waals surface area contributed by atoms with Crippen LogP contribution in [-0.4, -0.2) is 11.5 Å². The zero-order chi connectivity index (χ0) is 12.8. The first-order valence-electron chi connectivity index (χ1n) is 5.76. The minimum absolute atomic E-state index is 0.0954. The lowest BCUT2D eigenvalue weighted by Crippen LogP contribution is -2.12. The number of halogens is 1. The molecular formula is C12H17BrN2O2. The summed E-state index contributed by atoms with van der Waals surface area (Å²) >= 11 is 3.21. The molecule has 1 N–H and O–H groups in total. The van der Waals surface area contributed by atoms with Gasteiger partial charge in [-0.05, 0) is 34.0 Å². The molecule has 0 radical (unpaired) electrons. The monoisotopic (exact) mass is 300 g/mol. The third kappa shape index (κ3) is 4.00. The molecule has 1 rings (SSSR count). The third-order valence-corrected chi connectivity index (χ3v) is 3.53. The number of hydrogen-bond donors (Lipinski definition) is 1. The van der Waals surface area contributed by atoms with Crippen molar-refractivity contribution < 1.29 is 4.92 Å². The molecule has 0 amide bonds. The first-order chi connectivity index (χ1) is 8.08. The largest absolute Gasteiger partial charge is 0.385 e. The highest BCUT2D eigenvalue weighted by molar-refractivity contribution is 9.10. The number of rotatable bonds is 6. The van der Waals surface area contributed by atoms with Crippen LogP contribution in [0.25, 0.3) is 0 Å². The van der Waals surface area contributed by atoms with E-state index in [1.807, 2.05) is 0 Å². The molecule has 0 aromatic heterocycles. The SMILES string of the molecule is CCC(CC)CNc1ccc([N+](=O)[O-])c(Br)c1. The van der Waals surface area contributed by atoms with Crippen LogP contribution in [0.2, 0.25) is 0 Å². The van der Waals surface area contributed by atoms with E-state index in [2.05, 4.69) is 35.1 Å². The zero-order valence-electron chi connectivity index (χ0n) is 10.1. The van der Waals surface area contributed by atoms with Crippen LogP contribution in [0.1, 0.15) is 26.7 Å². The molecular weight excluding hydrogens is 284 g/mol. The van der Waals surface area contributed by atoms with Crippen molar-refractivity contribution in [2.75, 3.05) is 11.9 Å². The van der Waals surface area contributed by atoms with Crippen molar-refractivity contribution in [3.63, 3.8) is 0 Å². The molecule has 1 aromatic carbocycles. The molecule has 4 nitrogen and oxygen atoms in total. The van der Waals surface area contributed by atoms with Gasteiger partial charge in [0.2, 0.25) is 0 Å². The lowest BCUT2D eigenvalue weighted by Gasteiger charge is -2.14. The van der Waals surface area contributed by atoms with Crippen molar-refractivity contribution in [2.24, 2.45) is 5.92 Å². The fourth-order valence-electron chi connectivity index (χ4n) is 1.60. The fraction of sp³-hybridized carbons (Fsp3) is 0.500. The Kier molecular flexibility index (Phi) is 5.41. The molecule has 0 spiro atoms. The smallest absolute Gasteiger partial charge is 0.283 e. The van der Waals surface area contributed by atoms with E-state index in [-0.39, 0.29) is 5.69 Å². The van der Waals surface area contributed by atoms with Gasteiger partial charge in [0.1, 0.15) is 0 Å². The van der Waals surface area contributed by atoms with Gasteiger partial charge in [0.25, 0.3) is 5.69 Å². The quantitative estimate of drug-likeness (QED) is 0.632. The van der Waals surface area contributed by atoms with Crippen molar-refractivity contribution in [3.8, 4) is 0 Å². The maximum absolute atomic E-state index is 10.6. The summed E-state index contributed by atoms with van der Waals surface area (Å²) < 4.78 is 0.511. The summed E-state index contributed by atoms with van der Waals surface area (Å²) in [6, 6.07) is 5.01. The van der Waals surface area contributed by atoms with E-state index in [1.165, 1.54) is 6.07 Å². The Morgan fingerprint density at radius 1 is 1.41 bits per heavy atom.